The summed E-state index contributed by atoms with van der Waals surface area (Å²) in [5.41, 5.74) is 1.53. The van der Waals surface area contributed by atoms with Gasteiger partial charge in [0.2, 0.25) is 0 Å². The minimum absolute atomic E-state index is 0.378. The Bertz CT molecular complexity index is 589. The number of thiocarbonyl (C=S) groups is 1. The number of benzene rings is 1. The molecule has 0 radical (unpaired) electrons. The molecule has 0 saturated heterocycles. The first-order valence-electron chi connectivity index (χ1n) is 6.10. The van der Waals surface area contributed by atoms with Gasteiger partial charge in [-0.1, -0.05) is 11.6 Å². The molecule has 0 aliphatic carbocycles. The van der Waals surface area contributed by atoms with E-state index in [1.54, 1.807) is 12.3 Å². The van der Waals surface area contributed by atoms with E-state index in [9.17, 15) is 0 Å². The van der Waals surface area contributed by atoms with Crippen LogP contribution in [-0.2, 0) is 0 Å². The van der Waals surface area contributed by atoms with Gasteiger partial charge in [0.25, 0.3) is 0 Å². The van der Waals surface area contributed by atoms with Gasteiger partial charge in [0, 0.05) is 11.9 Å². The van der Waals surface area contributed by atoms with E-state index in [0.717, 1.165) is 11.4 Å². The van der Waals surface area contributed by atoms with Crippen LogP contribution in [-0.4, -0.2) is 16.7 Å². The smallest absolute Gasteiger partial charge is 0.175 e. The fraction of sp³-hybridized carbons (Fsp3) is 0.143. The number of halogens is 1. The molecule has 0 spiro atoms. The van der Waals surface area contributed by atoms with Crippen molar-refractivity contribution in [2.24, 2.45) is 0 Å². The van der Waals surface area contributed by atoms with Crippen LogP contribution in [0.1, 0.15) is 6.92 Å². The summed E-state index contributed by atoms with van der Waals surface area (Å²) in [6, 6.07) is 11.1. The number of hydrogen-bond donors (Lipinski definition) is 2. The van der Waals surface area contributed by atoms with Gasteiger partial charge in [-0.05, 0) is 55.5 Å². The lowest BCUT2D eigenvalue weighted by Crippen LogP contribution is -2.19. The van der Waals surface area contributed by atoms with Crippen molar-refractivity contribution in [3.63, 3.8) is 0 Å². The summed E-state index contributed by atoms with van der Waals surface area (Å²) in [5.74, 6) is 0.826. The average molecular weight is 308 g/mol. The first-order chi connectivity index (χ1) is 9.69. The third-order valence-electron chi connectivity index (χ3n) is 2.43. The van der Waals surface area contributed by atoms with E-state index in [2.05, 4.69) is 15.6 Å². The van der Waals surface area contributed by atoms with Crippen molar-refractivity contribution >= 4 is 40.3 Å². The van der Waals surface area contributed by atoms with Crippen LogP contribution >= 0.6 is 23.8 Å². The van der Waals surface area contributed by atoms with Crippen molar-refractivity contribution in [2.75, 3.05) is 17.2 Å². The molecule has 20 heavy (non-hydrogen) atoms. The van der Waals surface area contributed by atoms with Crippen LogP contribution in [0.4, 0.5) is 11.4 Å². The number of nitrogens with zero attached hydrogens (tertiary/aromatic N) is 1. The molecular formula is C14H14ClN3OS. The first kappa shape index (κ1) is 14.6. The normalized spacial score (nSPS) is 9.90. The molecule has 0 aliphatic rings. The number of nitrogens with one attached hydrogen (secondary N) is 2. The summed E-state index contributed by atoms with van der Waals surface area (Å²) < 4.78 is 5.38. The van der Waals surface area contributed by atoms with Crippen molar-refractivity contribution in [3.05, 3.63) is 47.7 Å². The maximum atomic E-state index is 5.95. The second-order valence-corrected chi connectivity index (χ2v) is 4.64. The van der Waals surface area contributed by atoms with Crippen LogP contribution in [0, 0.1) is 0 Å². The number of rotatable bonds is 4. The van der Waals surface area contributed by atoms with Crippen LogP contribution in [0.2, 0.25) is 5.15 Å². The lowest BCUT2D eigenvalue weighted by Gasteiger charge is -2.11. The van der Waals surface area contributed by atoms with Crippen LogP contribution in [0.5, 0.6) is 5.75 Å². The highest BCUT2D eigenvalue weighted by molar-refractivity contribution is 7.80. The Labute approximate surface area is 128 Å². The molecule has 0 atom stereocenters. The van der Waals surface area contributed by atoms with Crippen LogP contribution in [0.3, 0.4) is 0 Å². The van der Waals surface area contributed by atoms with Gasteiger partial charge in [0.05, 0.1) is 12.3 Å². The fourth-order valence-electron chi connectivity index (χ4n) is 1.57. The molecule has 0 fully saturated rings. The number of hydrogen-bond acceptors (Lipinski definition) is 3. The number of aromatic nitrogens is 1. The summed E-state index contributed by atoms with van der Waals surface area (Å²) >= 11 is 11.2. The number of anilines is 2. The quantitative estimate of drug-likeness (QED) is 0.661. The molecule has 4 nitrogen and oxygen atoms in total. The zero-order chi connectivity index (χ0) is 14.4. The Balaban J connectivity index is 1.96. The SMILES string of the molecule is CCOc1ccc(NC(=S)Nc2cccnc2Cl)cc1. The van der Waals surface area contributed by atoms with Crippen molar-refractivity contribution in [1.29, 1.82) is 0 Å². The molecule has 6 heteroatoms. The van der Waals surface area contributed by atoms with E-state index in [1.165, 1.54) is 0 Å². The second kappa shape index (κ2) is 7.07. The van der Waals surface area contributed by atoms with Crippen LogP contribution < -0.4 is 15.4 Å². The monoisotopic (exact) mass is 307 g/mol. The zero-order valence-electron chi connectivity index (χ0n) is 10.9. The summed E-state index contributed by atoms with van der Waals surface area (Å²) in [4.78, 5) is 3.97. The molecule has 2 N–H and O–H groups in total. The van der Waals surface area contributed by atoms with E-state index < -0.39 is 0 Å². The molecule has 0 aliphatic heterocycles. The lowest BCUT2D eigenvalue weighted by atomic mass is 10.3. The van der Waals surface area contributed by atoms with Gasteiger partial charge in [-0.15, -0.1) is 0 Å². The minimum atomic E-state index is 0.378. The van der Waals surface area contributed by atoms with E-state index in [1.807, 2.05) is 37.3 Å². The summed E-state index contributed by atoms with van der Waals surface area (Å²) in [6.45, 7) is 2.59. The molecule has 2 aromatic rings. The Morgan fingerprint density at radius 1 is 1.25 bits per heavy atom. The van der Waals surface area contributed by atoms with E-state index in [0.29, 0.717) is 22.6 Å². The third-order valence-corrected chi connectivity index (χ3v) is 2.94. The largest absolute Gasteiger partial charge is 0.494 e. The van der Waals surface area contributed by atoms with Crippen molar-refractivity contribution in [2.45, 2.75) is 6.92 Å². The number of pyridine rings is 1. The molecule has 0 amide bonds. The van der Waals surface area contributed by atoms with Gasteiger partial charge in [-0.2, -0.15) is 0 Å². The summed E-state index contributed by atoms with van der Waals surface area (Å²) in [5, 5.41) is 6.88. The lowest BCUT2D eigenvalue weighted by molar-refractivity contribution is 0.340. The third kappa shape index (κ3) is 4.08. The molecule has 1 aromatic carbocycles. The summed E-state index contributed by atoms with van der Waals surface area (Å²) in [6.07, 6.45) is 1.62. The number of ether oxygens (including phenoxy) is 1. The van der Waals surface area contributed by atoms with Crippen LogP contribution in [0.25, 0.3) is 0 Å². The highest BCUT2D eigenvalue weighted by Gasteiger charge is 2.03. The topological polar surface area (TPSA) is 46.2 Å². The van der Waals surface area contributed by atoms with Gasteiger partial charge >= 0.3 is 0 Å². The van der Waals surface area contributed by atoms with Gasteiger partial charge in [-0.3, -0.25) is 0 Å². The van der Waals surface area contributed by atoms with Crippen molar-refractivity contribution in [3.8, 4) is 5.75 Å². The maximum Gasteiger partial charge on any atom is 0.175 e. The zero-order valence-corrected chi connectivity index (χ0v) is 12.5. The predicted molar refractivity (Wildman–Crippen MR) is 86.7 cm³/mol. The molecule has 0 unspecified atom stereocenters. The van der Waals surface area contributed by atoms with Gasteiger partial charge < -0.3 is 15.4 Å². The standard InChI is InChI=1S/C14H14ClN3OS/c1-2-19-11-7-5-10(6-8-11)17-14(20)18-12-4-3-9-16-13(12)15/h3-9H,2H2,1H3,(H2,17,18,20). The molecular weight excluding hydrogens is 294 g/mol. The average Bonchev–Trinajstić information content (AvgIpc) is 2.44. The van der Waals surface area contributed by atoms with E-state index in [4.69, 9.17) is 28.6 Å². The van der Waals surface area contributed by atoms with Gasteiger partial charge in [0.15, 0.2) is 10.3 Å². The molecule has 2 rings (SSSR count). The van der Waals surface area contributed by atoms with E-state index in [-0.39, 0.29) is 0 Å². The maximum absolute atomic E-state index is 5.95. The van der Waals surface area contributed by atoms with Crippen molar-refractivity contribution < 1.29 is 4.74 Å². The molecule has 0 bridgehead atoms. The Morgan fingerprint density at radius 2 is 2.00 bits per heavy atom. The van der Waals surface area contributed by atoms with Crippen molar-refractivity contribution in [1.82, 2.24) is 4.98 Å². The van der Waals surface area contributed by atoms with Crippen LogP contribution in [0.15, 0.2) is 42.6 Å². The molecule has 104 valence electrons. The van der Waals surface area contributed by atoms with E-state index >= 15 is 0 Å². The summed E-state index contributed by atoms with van der Waals surface area (Å²) in [7, 11) is 0. The first-order valence-corrected chi connectivity index (χ1v) is 6.89. The fourth-order valence-corrected chi connectivity index (χ4v) is 1.96. The molecule has 1 aromatic heterocycles. The van der Waals surface area contributed by atoms with Gasteiger partial charge in [0.1, 0.15) is 5.75 Å². The minimum Gasteiger partial charge on any atom is -0.494 e. The highest BCUT2D eigenvalue weighted by Crippen LogP contribution is 2.19. The Morgan fingerprint density at radius 3 is 2.65 bits per heavy atom. The second-order valence-electron chi connectivity index (χ2n) is 3.88. The predicted octanol–water partition coefficient (Wildman–Crippen LogP) is 3.94. The Hall–Kier alpha value is -1.85. The molecule has 1 heterocycles. The Kier molecular flexibility index (Phi) is 5.15. The van der Waals surface area contributed by atoms with Gasteiger partial charge in [-0.25, -0.2) is 4.98 Å². The highest BCUT2D eigenvalue weighted by atomic mass is 35.5. The molecule has 0 saturated carbocycles.